The molecule has 6 heteroatoms. The molecule has 5 rings (SSSR count). The second-order valence-corrected chi connectivity index (χ2v) is 7.41. The minimum atomic E-state index is 0.225. The molecule has 142 valence electrons. The molecule has 1 aliphatic heterocycles. The van der Waals surface area contributed by atoms with Gasteiger partial charge in [0.1, 0.15) is 17.1 Å². The summed E-state index contributed by atoms with van der Waals surface area (Å²) in [6, 6.07) is 14.8. The van der Waals surface area contributed by atoms with Crippen molar-refractivity contribution >= 4 is 10.8 Å². The summed E-state index contributed by atoms with van der Waals surface area (Å²) in [6.45, 7) is 5.68. The van der Waals surface area contributed by atoms with E-state index in [1.54, 1.807) is 0 Å². The summed E-state index contributed by atoms with van der Waals surface area (Å²) in [6.07, 6.45) is 2.19. The SMILES string of the molecule is Cc1nonc1[C@H]1CCCN1Cc1nc(-c2cccc3ccccc23)oc1C. The average molecular weight is 374 g/mol. The van der Waals surface area contributed by atoms with Gasteiger partial charge in [0, 0.05) is 12.1 Å². The van der Waals surface area contributed by atoms with E-state index in [1.807, 2.05) is 32.0 Å². The number of aryl methyl sites for hydroxylation is 2. The van der Waals surface area contributed by atoms with E-state index < -0.39 is 0 Å². The van der Waals surface area contributed by atoms with Gasteiger partial charge in [0.25, 0.3) is 0 Å². The van der Waals surface area contributed by atoms with Gasteiger partial charge in [-0.2, -0.15) is 0 Å². The van der Waals surface area contributed by atoms with Crippen molar-refractivity contribution in [2.75, 3.05) is 6.54 Å². The molecule has 2 aromatic heterocycles. The smallest absolute Gasteiger partial charge is 0.227 e. The van der Waals surface area contributed by atoms with Gasteiger partial charge < -0.3 is 4.42 Å². The van der Waals surface area contributed by atoms with Crippen LogP contribution in [0, 0.1) is 13.8 Å². The Hall–Kier alpha value is -2.99. The molecule has 4 aromatic rings. The van der Waals surface area contributed by atoms with Crippen LogP contribution in [0.1, 0.15) is 41.7 Å². The first kappa shape index (κ1) is 17.1. The number of hydrogen-bond donors (Lipinski definition) is 0. The average Bonchev–Trinajstić information content (AvgIpc) is 3.42. The third kappa shape index (κ3) is 2.90. The highest BCUT2D eigenvalue weighted by atomic mass is 16.6. The fourth-order valence-corrected chi connectivity index (χ4v) is 4.16. The first-order valence-corrected chi connectivity index (χ1v) is 9.68. The molecule has 3 heterocycles. The second kappa shape index (κ2) is 6.87. The summed E-state index contributed by atoms with van der Waals surface area (Å²) in [5.74, 6) is 1.54. The van der Waals surface area contributed by atoms with E-state index in [1.165, 1.54) is 5.39 Å². The lowest BCUT2D eigenvalue weighted by molar-refractivity contribution is 0.228. The fourth-order valence-electron chi connectivity index (χ4n) is 4.16. The van der Waals surface area contributed by atoms with Crippen LogP contribution in [0.25, 0.3) is 22.2 Å². The van der Waals surface area contributed by atoms with Gasteiger partial charge in [0.2, 0.25) is 5.89 Å². The molecule has 1 aliphatic rings. The van der Waals surface area contributed by atoms with Crippen LogP contribution in [0.5, 0.6) is 0 Å². The van der Waals surface area contributed by atoms with Crippen molar-refractivity contribution in [1.29, 1.82) is 0 Å². The number of rotatable bonds is 4. The third-order valence-corrected chi connectivity index (χ3v) is 5.63. The number of nitrogens with zero attached hydrogens (tertiary/aromatic N) is 4. The van der Waals surface area contributed by atoms with Gasteiger partial charge in [-0.3, -0.25) is 4.90 Å². The van der Waals surface area contributed by atoms with E-state index in [9.17, 15) is 0 Å². The molecule has 0 saturated carbocycles. The normalized spacial score (nSPS) is 17.6. The first-order valence-electron chi connectivity index (χ1n) is 9.68. The third-order valence-electron chi connectivity index (χ3n) is 5.63. The molecule has 0 spiro atoms. The predicted octanol–water partition coefficient (Wildman–Crippen LogP) is 4.83. The number of hydrogen-bond acceptors (Lipinski definition) is 6. The van der Waals surface area contributed by atoms with E-state index in [4.69, 9.17) is 14.0 Å². The lowest BCUT2D eigenvalue weighted by atomic mass is 10.0. The van der Waals surface area contributed by atoms with Gasteiger partial charge >= 0.3 is 0 Å². The van der Waals surface area contributed by atoms with Crippen LogP contribution in [0.2, 0.25) is 0 Å². The van der Waals surface area contributed by atoms with E-state index in [-0.39, 0.29) is 6.04 Å². The quantitative estimate of drug-likeness (QED) is 0.509. The number of likely N-dealkylation sites (tertiary alicyclic amines) is 1. The molecule has 6 nitrogen and oxygen atoms in total. The Bertz CT molecular complexity index is 1130. The molecular formula is C22H22N4O2. The summed E-state index contributed by atoms with van der Waals surface area (Å²) in [5, 5.41) is 10.4. The monoisotopic (exact) mass is 374 g/mol. The molecule has 1 saturated heterocycles. The zero-order chi connectivity index (χ0) is 19.1. The Balaban J connectivity index is 1.46. The summed E-state index contributed by atoms with van der Waals surface area (Å²) in [4.78, 5) is 7.26. The zero-order valence-electron chi connectivity index (χ0n) is 16.1. The Kier molecular flexibility index (Phi) is 4.20. The lowest BCUT2D eigenvalue weighted by Gasteiger charge is -2.21. The molecule has 0 N–H and O–H groups in total. The van der Waals surface area contributed by atoms with Gasteiger partial charge in [0.15, 0.2) is 0 Å². The van der Waals surface area contributed by atoms with Crippen LogP contribution in [0.4, 0.5) is 0 Å². The zero-order valence-corrected chi connectivity index (χ0v) is 16.1. The molecule has 1 fully saturated rings. The number of oxazole rings is 1. The van der Waals surface area contributed by atoms with Gasteiger partial charge in [-0.05, 0) is 50.1 Å². The van der Waals surface area contributed by atoms with Gasteiger partial charge in [-0.15, -0.1) is 0 Å². The fraction of sp³-hybridized carbons (Fsp3) is 0.318. The molecule has 28 heavy (non-hydrogen) atoms. The summed E-state index contributed by atoms with van der Waals surface area (Å²) in [7, 11) is 0. The van der Waals surface area contributed by atoms with Crippen LogP contribution in [-0.4, -0.2) is 26.7 Å². The maximum Gasteiger partial charge on any atom is 0.227 e. The maximum atomic E-state index is 6.08. The van der Waals surface area contributed by atoms with Crippen molar-refractivity contribution < 1.29 is 9.05 Å². The Labute approximate surface area is 163 Å². The van der Waals surface area contributed by atoms with Gasteiger partial charge in [-0.25, -0.2) is 9.61 Å². The molecule has 0 unspecified atom stereocenters. The maximum absolute atomic E-state index is 6.08. The van der Waals surface area contributed by atoms with Crippen molar-refractivity contribution in [1.82, 2.24) is 20.2 Å². The Morgan fingerprint density at radius 2 is 1.93 bits per heavy atom. The molecule has 0 radical (unpaired) electrons. The number of fused-ring (bicyclic) bond motifs is 1. The van der Waals surface area contributed by atoms with Crippen molar-refractivity contribution in [3.8, 4) is 11.5 Å². The molecule has 0 aliphatic carbocycles. The molecular weight excluding hydrogens is 352 g/mol. The van der Waals surface area contributed by atoms with Crippen molar-refractivity contribution in [2.24, 2.45) is 0 Å². The highest BCUT2D eigenvalue weighted by Crippen LogP contribution is 2.35. The van der Waals surface area contributed by atoms with Crippen molar-refractivity contribution in [2.45, 2.75) is 39.3 Å². The highest BCUT2D eigenvalue weighted by Gasteiger charge is 2.31. The van der Waals surface area contributed by atoms with Crippen molar-refractivity contribution in [3.05, 3.63) is 65.3 Å². The van der Waals surface area contributed by atoms with Crippen molar-refractivity contribution in [3.63, 3.8) is 0 Å². The van der Waals surface area contributed by atoms with E-state index in [0.29, 0.717) is 5.89 Å². The van der Waals surface area contributed by atoms with E-state index >= 15 is 0 Å². The van der Waals surface area contributed by atoms with Gasteiger partial charge in [0.05, 0.1) is 11.7 Å². The number of aromatic nitrogens is 3. The summed E-state index contributed by atoms with van der Waals surface area (Å²) >= 11 is 0. The van der Waals surface area contributed by atoms with E-state index in [0.717, 1.165) is 59.7 Å². The largest absolute Gasteiger partial charge is 0.441 e. The van der Waals surface area contributed by atoms with Crippen LogP contribution in [-0.2, 0) is 6.54 Å². The van der Waals surface area contributed by atoms with Crippen LogP contribution in [0.15, 0.2) is 51.5 Å². The Morgan fingerprint density at radius 3 is 2.79 bits per heavy atom. The molecule has 2 aromatic carbocycles. The van der Waals surface area contributed by atoms with Crippen LogP contribution < -0.4 is 0 Å². The standard InChI is InChI=1S/C22H22N4O2/c1-14-21(25-28-24-14)20-11-6-12-26(20)13-19-15(2)27-22(23-19)18-10-5-8-16-7-3-4-9-17(16)18/h3-5,7-10,20H,6,11-13H2,1-2H3/t20-/m1/s1. The number of benzene rings is 2. The second-order valence-electron chi connectivity index (χ2n) is 7.41. The molecule has 0 amide bonds. The Morgan fingerprint density at radius 1 is 1.07 bits per heavy atom. The van der Waals surface area contributed by atoms with Crippen LogP contribution >= 0.6 is 0 Å². The predicted molar refractivity (Wildman–Crippen MR) is 106 cm³/mol. The van der Waals surface area contributed by atoms with E-state index in [2.05, 4.69) is 39.5 Å². The minimum absolute atomic E-state index is 0.225. The first-order chi connectivity index (χ1) is 13.7. The highest BCUT2D eigenvalue weighted by molar-refractivity contribution is 5.94. The molecule has 0 bridgehead atoms. The lowest BCUT2D eigenvalue weighted by Crippen LogP contribution is -2.24. The summed E-state index contributed by atoms with van der Waals surface area (Å²) < 4.78 is 11.0. The van der Waals surface area contributed by atoms with Gasteiger partial charge in [-0.1, -0.05) is 46.7 Å². The van der Waals surface area contributed by atoms with Crippen LogP contribution in [0.3, 0.4) is 0 Å². The minimum Gasteiger partial charge on any atom is -0.441 e. The summed E-state index contributed by atoms with van der Waals surface area (Å²) in [5.41, 5.74) is 3.81. The topological polar surface area (TPSA) is 68.2 Å². The molecule has 1 atom stereocenters.